The van der Waals surface area contributed by atoms with Crippen LogP contribution in [0.1, 0.15) is 17.3 Å². The number of carboxylic acids is 2. The minimum atomic E-state index is -1.29. The van der Waals surface area contributed by atoms with E-state index in [2.05, 4.69) is 15.9 Å². The van der Waals surface area contributed by atoms with Crippen molar-refractivity contribution < 1.29 is 19.8 Å². The highest BCUT2D eigenvalue weighted by Gasteiger charge is 2.13. The van der Waals surface area contributed by atoms with Gasteiger partial charge >= 0.3 is 0 Å². The first-order chi connectivity index (χ1) is 9.41. The number of aromatic carboxylic acids is 1. The molecule has 0 amide bonds. The second-order valence-electron chi connectivity index (χ2n) is 4.14. The summed E-state index contributed by atoms with van der Waals surface area (Å²) in [4.78, 5) is 22.7. The molecule has 0 N–H and O–H groups in total. The maximum Gasteiger partial charge on any atom is 0.0721 e. The Balaban J connectivity index is 2.69. The van der Waals surface area contributed by atoms with Crippen molar-refractivity contribution in [2.75, 3.05) is 0 Å². The first kappa shape index (κ1) is 14.9. The van der Waals surface area contributed by atoms with Gasteiger partial charge in [0.1, 0.15) is 0 Å². The van der Waals surface area contributed by atoms with Crippen molar-refractivity contribution in [1.29, 1.82) is 0 Å². The number of fused-ring (bicyclic) bond motifs is 1. The highest BCUT2D eigenvalue weighted by Crippen LogP contribution is 2.36. The number of hydrogen-bond acceptors (Lipinski definition) is 5. The molecule has 0 aliphatic rings. The molecular weight excluding hydrogens is 344 g/mol. The zero-order valence-electron chi connectivity index (χ0n) is 10.4. The number of halogens is 1. The van der Waals surface area contributed by atoms with Crippen LogP contribution in [0.25, 0.3) is 10.8 Å². The van der Waals surface area contributed by atoms with Crippen molar-refractivity contribution in [3.8, 4) is 0 Å². The van der Waals surface area contributed by atoms with Crippen LogP contribution in [0.15, 0.2) is 39.7 Å². The molecule has 2 aromatic carbocycles. The van der Waals surface area contributed by atoms with E-state index in [9.17, 15) is 19.8 Å². The van der Waals surface area contributed by atoms with Gasteiger partial charge in [0, 0.05) is 25.6 Å². The molecule has 0 fully saturated rings. The maximum absolute atomic E-state index is 11.2. The van der Waals surface area contributed by atoms with Gasteiger partial charge in [0.05, 0.1) is 11.9 Å². The van der Waals surface area contributed by atoms with E-state index in [0.717, 1.165) is 16.2 Å². The molecule has 0 bridgehead atoms. The molecule has 0 spiro atoms. The fourth-order valence-corrected chi connectivity index (χ4v) is 3.27. The van der Waals surface area contributed by atoms with E-state index >= 15 is 0 Å². The molecule has 1 unspecified atom stereocenters. The molecule has 2 rings (SSSR count). The number of rotatable bonds is 4. The number of benzene rings is 2. The van der Waals surface area contributed by atoms with Crippen LogP contribution < -0.4 is 10.2 Å². The predicted octanol–water partition coefficient (Wildman–Crippen LogP) is 1.20. The van der Waals surface area contributed by atoms with Crippen LogP contribution in [0.4, 0.5) is 0 Å². The van der Waals surface area contributed by atoms with E-state index in [1.165, 1.54) is 13.0 Å². The minimum Gasteiger partial charge on any atom is -0.549 e. The second-order valence-corrected chi connectivity index (χ2v) is 6.38. The van der Waals surface area contributed by atoms with Crippen molar-refractivity contribution in [1.82, 2.24) is 0 Å². The van der Waals surface area contributed by atoms with Crippen molar-refractivity contribution in [2.45, 2.75) is 17.1 Å². The van der Waals surface area contributed by atoms with E-state index < -0.39 is 17.2 Å². The van der Waals surface area contributed by atoms with Crippen molar-refractivity contribution in [3.63, 3.8) is 0 Å². The van der Waals surface area contributed by atoms with E-state index in [1.807, 2.05) is 0 Å². The highest BCUT2D eigenvalue weighted by molar-refractivity contribution is 9.10. The number of thioether (sulfide) groups is 1. The monoisotopic (exact) mass is 352 g/mol. The molecular formula is C14H9BrO4S-2. The lowest BCUT2D eigenvalue weighted by Gasteiger charge is -2.17. The van der Waals surface area contributed by atoms with Crippen LogP contribution in [0.3, 0.4) is 0 Å². The third-order valence-corrected chi connectivity index (χ3v) is 4.64. The molecule has 1 atom stereocenters. The van der Waals surface area contributed by atoms with E-state index in [4.69, 9.17) is 0 Å². The molecule has 0 saturated heterocycles. The lowest BCUT2D eigenvalue weighted by atomic mass is 10.0. The smallest absolute Gasteiger partial charge is 0.0721 e. The lowest BCUT2D eigenvalue weighted by Crippen LogP contribution is -2.31. The van der Waals surface area contributed by atoms with Crippen LogP contribution >= 0.6 is 27.7 Å². The quantitative estimate of drug-likeness (QED) is 0.772. The van der Waals surface area contributed by atoms with Gasteiger partial charge in [-0.15, -0.1) is 11.8 Å². The summed E-state index contributed by atoms with van der Waals surface area (Å²) in [6.45, 7) is 1.50. The molecule has 0 radical (unpaired) electrons. The summed E-state index contributed by atoms with van der Waals surface area (Å²) >= 11 is 4.41. The van der Waals surface area contributed by atoms with Crippen LogP contribution in [-0.2, 0) is 4.79 Å². The molecule has 6 heteroatoms. The topological polar surface area (TPSA) is 80.3 Å². The molecule has 2 aromatic rings. The Labute approximate surface area is 127 Å². The van der Waals surface area contributed by atoms with Crippen molar-refractivity contribution >= 4 is 50.4 Å². The summed E-state index contributed by atoms with van der Waals surface area (Å²) in [5.74, 6) is -2.49. The van der Waals surface area contributed by atoms with Crippen LogP contribution in [0.5, 0.6) is 0 Å². The Morgan fingerprint density at radius 1 is 1.20 bits per heavy atom. The molecule has 0 aliphatic heterocycles. The van der Waals surface area contributed by atoms with Crippen LogP contribution in [0.2, 0.25) is 0 Å². The Hall–Kier alpha value is -1.53. The van der Waals surface area contributed by atoms with Gasteiger partial charge in [-0.05, 0) is 24.4 Å². The highest BCUT2D eigenvalue weighted by atomic mass is 79.9. The molecule has 20 heavy (non-hydrogen) atoms. The summed E-state index contributed by atoms with van der Waals surface area (Å²) < 4.78 is 0.737. The molecule has 0 saturated carbocycles. The molecule has 0 aliphatic carbocycles. The molecule has 104 valence electrons. The molecule has 4 nitrogen and oxygen atoms in total. The predicted molar refractivity (Wildman–Crippen MR) is 76.3 cm³/mol. The van der Waals surface area contributed by atoms with Gasteiger partial charge in [-0.3, -0.25) is 0 Å². The fourth-order valence-electron chi connectivity index (χ4n) is 1.85. The minimum absolute atomic E-state index is 0.0387. The van der Waals surface area contributed by atoms with Gasteiger partial charge < -0.3 is 19.8 Å². The fraction of sp³-hybridized carbons (Fsp3) is 0.143. The zero-order chi connectivity index (χ0) is 14.9. The first-order valence-corrected chi connectivity index (χ1v) is 7.39. The number of aliphatic carboxylic acids is 1. The van der Waals surface area contributed by atoms with Gasteiger partial charge in [0.15, 0.2) is 0 Å². The normalized spacial score (nSPS) is 12.3. The van der Waals surface area contributed by atoms with E-state index in [0.29, 0.717) is 15.7 Å². The van der Waals surface area contributed by atoms with E-state index in [1.54, 1.807) is 24.3 Å². The lowest BCUT2D eigenvalue weighted by molar-refractivity contribution is -0.304. The van der Waals surface area contributed by atoms with Crippen molar-refractivity contribution in [3.05, 3.63) is 40.4 Å². The summed E-state index contributed by atoms with van der Waals surface area (Å²) in [5.41, 5.74) is 0.0387. The Kier molecular flexibility index (Phi) is 4.35. The van der Waals surface area contributed by atoms with Gasteiger partial charge in [0.25, 0.3) is 0 Å². The maximum atomic E-state index is 11.2. The first-order valence-electron chi connectivity index (χ1n) is 5.72. The van der Waals surface area contributed by atoms with E-state index in [-0.39, 0.29) is 5.56 Å². The number of hydrogen-bond donors (Lipinski definition) is 0. The Morgan fingerprint density at radius 3 is 2.50 bits per heavy atom. The van der Waals surface area contributed by atoms with Gasteiger partial charge in [-0.2, -0.15) is 0 Å². The summed E-state index contributed by atoms with van der Waals surface area (Å²) in [6, 6.07) is 8.26. The average molecular weight is 353 g/mol. The number of carboxylic acid groups (broad SMARTS) is 2. The van der Waals surface area contributed by atoms with Crippen LogP contribution in [0, 0.1) is 0 Å². The third kappa shape index (κ3) is 2.81. The van der Waals surface area contributed by atoms with Gasteiger partial charge in [-0.1, -0.05) is 34.1 Å². The number of carbonyl (C=O) groups excluding carboxylic acids is 2. The van der Waals surface area contributed by atoms with Gasteiger partial charge in [-0.25, -0.2) is 0 Å². The molecule has 0 heterocycles. The van der Waals surface area contributed by atoms with Crippen LogP contribution in [-0.4, -0.2) is 17.2 Å². The Morgan fingerprint density at radius 2 is 1.90 bits per heavy atom. The SMILES string of the molecule is CC(Sc1ccc(Br)c2cccc(C(=O)[O-])c12)C(=O)[O-]. The third-order valence-electron chi connectivity index (χ3n) is 2.80. The largest absolute Gasteiger partial charge is 0.549 e. The summed E-state index contributed by atoms with van der Waals surface area (Å²) in [6.07, 6.45) is 0. The number of carbonyl (C=O) groups is 2. The van der Waals surface area contributed by atoms with Gasteiger partial charge in [0.2, 0.25) is 0 Å². The summed E-state index contributed by atoms with van der Waals surface area (Å²) in [5, 5.41) is 22.5. The average Bonchev–Trinajstić information content (AvgIpc) is 2.41. The summed E-state index contributed by atoms with van der Waals surface area (Å²) in [7, 11) is 0. The zero-order valence-corrected chi connectivity index (χ0v) is 12.8. The second kappa shape index (κ2) is 5.85. The standard InChI is InChI=1S/C14H11BrO4S/c1-7(13(16)17)20-11-6-5-10(15)8-3-2-4-9(12(8)11)14(18)19/h2-7H,1H3,(H,16,17)(H,18,19)/p-2. The molecule has 0 aromatic heterocycles. The Bertz CT molecular complexity index is 699. The van der Waals surface area contributed by atoms with Crippen molar-refractivity contribution in [2.24, 2.45) is 0 Å².